The minimum absolute atomic E-state index is 0.0539. The molecule has 0 aromatic heterocycles. The number of esters is 1. The van der Waals surface area contributed by atoms with Crippen LogP contribution in [0.5, 0.6) is 5.75 Å². The Labute approximate surface area is 225 Å². The summed E-state index contributed by atoms with van der Waals surface area (Å²) in [6, 6.07) is 9.61. The van der Waals surface area contributed by atoms with Crippen molar-refractivity contribution >= 4 is 33.6 Å². The third-order valence-electron chi connectivity index (χ3n) is 5.86. The van der Waals surface area contributed by atoms with E-state index in [-0.39, 0.29) is 24.7 Å². The average Bonchev–Trinajstić information content (AvgIpc) is 2.87. The number of piperidine rings is 1. The summed E-state index contributed by atoms with van der Waals surface area (Å²) in [7, 11) is -4.44. The van der Waals surface area contributed by atoms with Crippen LogP contribution in [-0.2, 0) is 25.7 Å². The lowest BCUT2D eigenvalue weighted by atomic mass is 10.1. The summed E-state index contributed by atoms with van der Waals surface area (Å²) in [6.45, 7) is 2.31. The maximum atomic E-state index is 14.1. The molecular formula is C26H31F3N4O5S. The van der Waals surface area contributed by atoms with Gasteiger partial charge in [0, 0.05) is 5.56 Å². The Bertz CT molecular complexity index is 1310. The highest BCUT2D eigenvalue weighted by molar-refractivity contribution is 7.93. The molecule has 0 saturated carbocycles. The van der Waals surface area contributed by atoms with Crippen LogP contribution in [0.2, 0.25) is 0 Å². The zero-order valence-corrected chi connectivity index (χ0v) is 22.1. The first-order valence-corrected chi connectivity index (χ1v) is 13.9. The number of ether oxygens (including phenoxy) is 2. The summed E-state index contributed by atoms with van der Waals surface area (Å²) in [5, 5.41) is 10.7. The van der Waals surface area contributed by atoms with E-state index in [1.54, 1.807) is 30.3 Å². The van der Waals surface area contributed by atoms with Gasteiger partial charge in [0.05, 0.1) is 24.4 Å². The fourth-order valence-electron chi connectivity index (χ4n) is 3.99. The Morgan fingerprint density at radius 3 is 2.56 bits per heavy atom. The van der Waals surface area contributed by atoms with E-state index in [0.29, 0.717) is 43.1 Å². The van der Waals surface area contributed by atoms with Gasteiger partial charge in [0.25, 0.3) is 0 Å². The van der Waals surface area contributed by atoms with Crippen LogP contribution < -0.4 is 20.1 Å². The van der Waals surface area contributed by atoms with E-state index in [4.69, 9.17) is 20.6 Å². The van der Waals surface area contributed by atoms with Crippen LogP contribution in [0.15, 0.2) is 48.5 Å². The molecule has 1 fully saturated rings. The predicted octanol–water partition coefficient (Wildman–Crippen LogP) is 3.53. The Kier molecular flexibility index (Phi) is 9.97. The van der Waals surface area contributed by atoms with Gasteiger partial charge in [-0.1, -0.05) is 30.4 Å². The zero-order valence-electron chi connectivity index (χ0n) is 21.3. The van der Waals surface area contributed by atoms with Gasteiger partial charge in [-0.05, 0) is 62.7 Å². The number of nitrogens with zero attached hydrogens (tertiary/aromatic N) is 1. The van der Waals surface area contributed by atoms with Gasteiger partial charge in [0.1, 0.15) is 17.7 Å². The first kappa shape index (κ1) is 30.0. The highest BCUT2D eigenvalue weighted by Gasteiger charge is 2.37. The third-order valence-corrected chi connectivity index (χ3v) is 7.49. The van der Waals surface area contributed by atoms with Crippen LogP contribution in [0.4, 0.5) is 18.9 Å². The summed E-state index contributed by atoms with van der Waals surface area (Å²) < 4.78 is 79.7. The van der Waals surface area contributed by atoms with Crippen molar-refractivity contribution in [1.82, 2.24) is 5.32 Å². The summed E-state index contributed by atoms with van der Waals surface area (Å²) in [5.74, 6) is -2.63. The number of sulfonamides is 1. The van der Waals surface area contributed by atoms with Crippen LogP contribution in [0.3, 0.4) is 0 Å². The molecule has 0 aliphatic carbocycles. The average molecular weight is 569 g/mol. The Morgan fingerprint density at radius 1 is 1.21 bits per heavy atom. The molecule has 0 radical (unpaired) electrons. The largest absolute Gasteiger partial charge is 0.490 e. The molecule has 0 bridgehead atoms. The van der Waals surface area contributed by atoms with Crippen molar-refractivity contribution in [3.8, 4) is 5.75 Å². The molecule has 4 N–H and O–H groups in total. The summed E-state index contributed by atoms with van der Waals surface area (Å²) in [6.07, 6.45) is -1.19. The van der Waals surface area contributed by atoms with E-state index in [1.165, 1.54) is 19.1 Å². The van der Waals surface area contributed by atoms with E-state index >= 15 is 0 Å². The standard InChI is InChI=1S/C26H31F3N4O5S/c1-2-37-24(34)17-39(35,36)33(14-4-6-18-5-3-7-19(15-18)25(30)31)20-8-9-23(22(16-20)26(27,28)29)38-21-10-12-32-13-11-21/h3-9,15-16,21,32H,2,10-14,17H2,1H3,(H3,30,31). The van der Waals surface area contributed by atoms with Gasteiger partial charge in [-0.2, -0.15) is 13.2 Å². The molecule has 1 aliphatic heterocycles. The molecule has 0 atom stereocenters. The Morgan fingerprint density at radius 2 is 1.92 bits per heavy atom. The number of halogens is 3. The summed E-state index contributed by atoms with van der Waals surface area (Å²) in [5.41, 5.74) is 5.14. The second kappa shape index (κ2) is 13.0. The SMILES string of the molecule is CCOC(=O)CS(=O)(=O)N(CC=Cc1cccc(C(=N)N)c1)c1ccc(OC2CCNCC2)c(C(F)(F)F)c1. The molecule has 1 saturated heterocycles. The zero-order chi connectivity index (χ0) is 28.6. The quantitative estimate of drug-likeness (QED) is 0.214. The maximum absolute atomic E-state index is 14.1. The van der Waals surface area contributed by atoms with Crippen molar-refractivity contribution < 1.29 is 35.9 Å². The van der Waals surface area contributed by atoms with Crippen LogP contribution in [0, 0.1) is 5.41 Å². The number of rotatable bonds is 11. The molecular weight excluding hydrogens is 537 g/mol. The van der Waals surface area contributed by atoms with Crippen LogP contribution >= 0.6 is 0 Å². The fraction of sp³-hybridized carbons (Fsp3) is 0.385. The van der Waals surface area contributed by atoms with Crippen molar-refractivity contribution in [2.75, 3.05) is 36.3 Å². The Balaban J connectivity index is 1.98. The van der Waals surface area contributed by atoms with Crippen molar-refractivity contribution in [2.45, 2.75) is 32.0 Å². The number of hydrogen-bond donors (Lipinski definition) is 3. The van der Waals surface area contributed by atoms with E-state index < -0.39 is 45.3 Å². The van der Waals surface area contributed by atoms with Gasteiger partial charge in [-0.3, -0.25) is 14.5 Å². The summed E-state index contributed by atoms with van der Waals surface area (Å²) >= 11 is 0. The van der Waals surface area contributed by atoms with E-state index in [1.807, 2.05) is 0 Å². The van der Waals surface area contributed by atoms with Gasteiger partial charge in [0.15, 0.2) is 5.75 Å². The first-order valence-electron chi connectivity index (χ1n) is 12.3. The van der Waals surface area contributed by atoms with Crippen molar-refractivity contribution in [1.29, 1.82) is 5.41 Å². The minimum atomic E-state index is -4.82. The highest BCUT2D eigenvalue weighted by atomic mass is 32.2. The molecule has 1 heterocycles. The summed E-state index contributed by atoms with van der Waals surface area (Å²) in [4.78, 5) is 12.0. The van der Waals surface area contributed by atoms with Gasteiger partial charge in [0.2, 0.25) is 10.0 Å². The molecule has 2 aromatic rings. The van der Waals surface area contributed by atoms with Crippen molar-refractivity contribution in [3.63, 3.8) is 0 Å². The lowest BCUT2D eigenvalue weighted by molar-refractivity contribution is -0.140. The molecule has 0 spiro atoms. The Hall–Kier alpha value is -3.58. The first-order chi connectivity index (χ1) is 18.4. The van der Waals surface area contributed by atoms with Gasteiger partial charge in [-0.25, -0.2) is 8.42 Å². The van der Waals surface area contributed by atoms with E-state index in [0.717, 1.165) is 10.4 Å². The van der Waals surface area contributed by atoms with Gasteiger partial charge < -0.3 is 20.5 Å². The molecule has 13 heteroatoms. The molecule has 212 valence electrons. The lowest BCUT2D eigenvalue weighted by Gasteiger charge is -2.27. The molecule has 9 nitrogen and oxygen atoms in total. The van der Waals surface area contributed by atoms with E-state index in [9.17, 15) is 26.4 Å². The van der Waals surface area contributed by atoms with Gasteiger partial charge in [-0.15, -0.1) is 0 Å². The molecule has 0 unspecified atom stereocenters. The smallest absolute Gasteiger partial charge is 0.420 e. The maximum Gasteiger partial charge on any atom is 0.420 e. The monoisotopic (exact) mass is 568 g/mol. The normalized spacial score (nSPS) is 14.8. The number of benzene rings is 2. The van der Waals surface area contributed by atoms with Gasteiger partial charge >= 0.3 is 12.1 Å². The van der Waals surface area contributed by atoms with Crippen LogP contribution in [-0.4, -0.2) is 58.3 Å². The molecule has 2 aromatic carbocycles. The number of nitrogen functional groups attached to an aromatic ring is 1. The molecule has 0 amide bonds. The van der Waals surface area contributed by atoms with Crippen LogP contribution in [0.25, 0.3) is 6.08 Å². The van der Waals surface area contributed by atoms with Crippen LogP contribution in [0.1, 0.15) is 36.5 Å². The molecule has 3 rings (SSSR count). The molecule has 1 aliphatic rings. The number of carbonyl (C=O) groups is 1. The number of alkyl halides is 3. The van der Waals surface area contributed by atoms with Crippen molar-refractivity contribution in [2.24, 2.45) is 5.73 Å². The van der Waals surface area contributed by atoms with E-state index in [2.05, 4.69) is 5.32 Å². The van der Waals surface area contributed by atoms with Crippen molar-refractivity contribution in [3.05, 3.63) is 65.2 Å². The number of nitrogens with one attached hydrogen (secondary N) is 2. The lowest BCUT2D eigenvalue weighted by Crippen LogP contribution is -2.36. The fourth-order valence-corrected chi connectivity index (χ4v) is 5.28. The second-order valence-electron chi connectivity index (χ2n) is 8.78. The second-order valence-corrected chi connectivity index (χ2v) is 10.7. The minimum Gasteiger partial charge on any atom is -0.490 e. The topological polar surface area (TPSA) is 135 Å². The molecule has 39 heavy (non-hydrogen) atoms. The number of anilines is 1. The third kappa shape index (κ3) is 8.45. The predicted molar refractivity (Wildman–Crippen MR) is 142 cm³/mol. The number of amidine groups is 1. The number of nitrogens with two attached hydrogens (primary N) is 1. The number of hydrogen-bond acceptors (Lipinski definition) is 7. The number of carbonyl (C=O) groups excluding carboxylic acids is 1. The highest BCUT2D eigenvalue weighted by Crippen LogP contribution is 2.40.